The van der Waals surface area contributed by atoms with E-state index in [4.69, 9.17) is 0 Å². The van der Waals surface area contributed by atoms with Crippen LogP contribution in [-0.2, 0) is 4.79 Å². The summed E-state index contributed by atoms with van der Waals surface area (Å²) in [6.45, 7) is 3.93. The summed E-state index contributed by atoms with van der Waals surface area (Å²) in [6.07, 6.45) is 0. The van der Waals surface area contributed by atoms with Gasteiger partial charge in [0.1, 0.15) is 6.54 Å². The Kier molecular flexibility index (Phi) is 5.24. The largest absolute Gasteiger partial charge is 0.324 e. The van der Waals surface area contributed by atoms with Gasteiger partial charge in [-0.3, -0.25) is 9.59 Å². The molecule has 1 N–H and O–H groups in total. The summed E-state index contributed by atoms with van der Waals surface area (Å²) in [6, 6.07) is 21.0. The molecular formula is C24H21BrN2O2. The van der Waals surface area contributed by atoms with Crippen molar-refractivity contribution in [2.45, 2.75) is 19.9 Å². The Labute approximate surface area is 178 Å². The smallest absolute Gasteiger partial charge is 0.255 e. The number of fused-ring (bicyclic) bond motifs is 1. The monoisotopic (exact) mass is 448 g/mol. The molecule has 1 atom stereocenters. The number of hydrogen-bond donors (Lipinski definition) is 1. The Morgan fingerprint density at radius 3 is 2.38 bits per heavy atom. The molecule has 1 heterocycles. The number of aryl methyl sites for hydroxylation is 2. The maximum absolute atomic E-state index is 13.6. The van der Waals surface area contributed by atoms with Crippen LogP contribution in [0.4, 0.5) is 5.69 Å². The summed E-state index contributed by atoms with van der Waals surface area (Å²) < 4.78 is 0.895. The highest BCUT2D eigenvalue weighted by Gasteiger charge is 2.34. The molecule has 4 nitrogen and oxygen atoms in total. The molecule has 2 amide bonds. The molecule has 0 radical (unpaired) electrons. The van der Waals surface area contributed by atoms with Crippen molar-refractivity contribution >= 4 is 33.4 Å². The molecule has 3 aromatic carbocycles. The molecule has 1 unspecified atom stereocenters. The first-order chi connectivity index (χ1) is 13.9. The second-order valence-electron chi connectivity index (χ2n) is 7.40. The Morgan fingerprint density at radius 1 is 1.00 bits per heavy atom. The minimum Gasteiger partial charge on any atom is -0.324 e. The number of hydrogen-bond acceptors (Lipinski definition) is 2. The first kappa shape index (κ1) is 19.4. The zero-order chi connectivity index (χ0) is 20.5. The highest BCUT2D eigenvalue weighted by Crippen LogP contribution is 2.38. The summed E-state index contributed by atoms with van der Waals surface area (Å²) in [7, 11) is 0. The van der Waals surface area contributed by atoms with E-state index in [0.717, 1.165) is 32.4 Å². The average molecular weight is 449 g/mol. The summed E-state index contributed by atoms with van der Waals surface area (Å²) in [5.74, 6) is -0.363. The van der Waals surface area contributed by atoms with E-state index >= 15 is 0 Å². The van der Waals surface area contributed by atoms with Crippen molar-refractivity contribution in [3.8, 4) is 0 Å². The topological polar surface area (TPSA) is 49.4 Å². The lowest BCUT2D eigenvalue weighted by Crippen LogP contribution is -2.39. The molecular weight excluding hydrogens is 428 g/mol. The first-order valence-corrected chi connectivity index (χ1v) is 10.2. The normalized spacial score (nSPS) is 16.0. The number of anilines is 1. The SMILES string of the molecule is Cc1cc(C)cc(C(=O)N2CC(=O)Nc3ccc(Br)cc3C2c2ccccc2)c1. The van der Waals surface area contributed by atoms with Gasteiger partial charge in [0.2, 0.25) is 5.91 Å². The summed E-state index contributed by atoms with van der Waals surface area (Å²) in [4.78, 5) is 27.9. The molecule has 29 heavy (non-hydrogen) atoms. The van der Waals surface area contributed by atoms with Gasteiger partial charge in [0, 0.05) is 21.3 Å². The van der Waals surface area contributed by atoms with Crippen LogP contribution in [0.25, 0.3) is 0 Å². The Balaban J connectivity index is 1.90. The van der Waals surface area contributed by atoms with Crippen LogP contribution in [0.15, 0.2) is 71.2 Å². The van der Waals surface area contributed by atoms with E-state index in [0.29, 0.717) is 5.56 Å². The van der Waals surface area contributed by atoms with Crippen molar-refractivity contribution < 1.29 is 9.59 Å². The van der Waals surface area contributed by atoms with Crippen molar-refractivity contribution in [2.75, 3.05) is 11.9 Å². The van der Waals surface area contributed by atoms with Gasteiger partial charge >= 0.3 is 0 Å². The van der Waals surface area contributed by atoms with Crippen molar-refractivity contribution in [2.24, 2.45) is 0 Å². The molecule has 0 saturated carbocycles. The van der Waals surface area contributed by atoms with Crippen LogP contribution in [0.2, 0.25) is 0 Å². The molecule has 0 bridgehead atoms. The number of nitrogens with zero attached hydrogens (tertiary/aromatic N) is 1. The fraction of sp³-hybridized carbons (Fsp3) is 0.167. The zero-order valence-electron chi connectivity index (χ0n) is 16.3. The molecule has 146 valence electrons. The predicted octanol–water partition coefficient (Wildman–Crippen LogP) is 5.25. The van der Waals surface area contributed by atoms with Gasteiger partial charge in [0.15, 0.2) is 0 Å². The summed E-state index contributed by atoms with van der Waals surface area (Å²) in [5, 5.41) is 2.95. The first-order valence-electron chi connectivity index (χ1n) is 9.46. The lowest BCUT2D eigenvalue weighted by atomic mass is 9.95. The van der Waals surface area contributed by atoms with Gasteiger partial charge in [-0.25, -0.2) is 0 Å². The van der Waals surface area contributed by atoms with Gasteiger partial charge in [-0.1, -0.05) is 63.5 Å². The standard InChI is InChI=1S/C24H21BrN2O2/c1-15-10-16(2)12-18(11-15)24(29)27-14-22(28)26-21-9-8-19(25)13-20(21)23(27)17-6-4-3-5-7-17/h3-13,23H,14H2,1-2H3,(H,26,28). The van der Waals surface area contributed by atoms with Gasteiger partial charge in [0.25, 0.3) is 5.91 Å². The van der Waals surface area contributed by atoms with Gasteiger partial charge in [-0.05, 0) is 49.7 Å². The Bertz CT molecular complexity index is 1080. The summed E-state index contributed by atoms with van der Waals surface area (Å²) in [5.41, 5.74) is 5.20. The molecule has 0 saturated heterocycles. The van der Waals surface area contributed by atoms with E-state index in [9.17, 15) is 9.59 Å². The number of carbonyl (C=O) groups is 2. The third kappa shape index (κ3) is 3.96. The number of nitrogens with one attached hydrogen (secondary N) is 1. The average Bonchev–Trinajstić information content (AvgIpc) is 2.83. The van der Waals surface area contributed by atoms with Crippen molar-refractivity contribution in [1.29, 1.82) is 0 Å². The molecule has 0 spiro atoms. The fourth-order valence-electron chi connectivity index (χ4n) is 3.93. The minimum atomic E-state index is -0.379. The van der Waals surface area contributed by atoms with Gasteiger partial charge < -0.3 is 10.2 Å². The van der Waals surface area contributed by atoms with E-state index in [2.05, 4.69) is 21.2 Å². The van der Waals surface area contributed by atoms with Crippen LogP contribution >= 0.6 is 15.9 Å². The molecule has 4 rings (SSSR count). The molecule has 1 aliphatic heterocycles. The third-order valence-corrected chi connectivity index (χ3v) is 5.55. The lowest BCUT2D eigenvalue weighted by Gasteiger charge is -2.31. The predicted molar refractivity (Wildman–Crippen MR) is 118 cm³/mol. The lowest BCUT2D eigenvalue weighted by molar-refractivity contribution is -0.117. The minimum absolute atomic E-state index is 0.0162. The second-order valence-corrected chi connectivity index (χ2v) is 8.32. The van der Waals surface area contributed by atoms with Crippen LogP contribution in [0.3, 0.4) is 0 Å². The quantitative estimate of drug-likeness (QED) is 0.581. The highest BCUT2D eigenvalue weighted by atomic mass is 79.9. The van der Waals surface area contributed by atoms with Crippen molar-refractivity contribution in [3.63, 3.8) is 0 Å². The number of benzene rings is 3. The van der Waals surface area contributed by atoms with Crippen LogP contribution < -0.4 is 5.32 Å². The van der Waals surface area contributed by atoms with Crippen LogP contribution in [-0.4, -0.2) is 23.3 Å². The van der Waals surface area contributed by atoms with E-state index in [1.165, 1.54) is 0 Å². The van der Waals surface area contributed by atoms with Crippen LogP contribution in [0, 0.1) is 13.8 Å². The Morgan fingerprint density at radius 2 is 1.69 bits per heavy atom. The molecule has 3 aromatic rings. The van der Waals surface area contributed by atoms with Gasteiger partial charge in [-0.2, -0.15) is 0 Å². The van der Waals surface area contributed by atoms with Gasteiger partial charge in [0.05, 0.1) is 6.04 Å². The van der Waals surface area contributed by atoms with E-state index < -0.39 is 0 Å². The number of amides is 2. The maximum atomic E-state index is 13.6. The number of rotatable bonds is 2. The van der Waals surface area contributed by atoms with Gasteiger partial charge in [-0.15, -0.1) is 0 Å². The van der Waals surface area contributed by atoms with E-state index in [1.54, 1.807) is 4.90 Å². The molecule has 0 fully saturated rings. The van der Waals surface area contributed by atoms with Crippen molar-refractivity contribution in [1.82, 2.24) is 4.90 Å². The van der Waals surface area contributed by atoms with E-state index in [1.807, 2.05) is 80.6 Å². The molecule has 5 heteroatoms. The number of carbonyl (C=O) groups excluding carboxylic acids is 2. The van der Waals surface area contributed by atoms with Crippen LogP contribution in [0.5, 0.6) is 0 Å². The zero-order valence-corrected chi connectivity index (χ0v) is 17.9. The maximum Gasteiger partial charge on any atom is 0.255 e. The third-order valence-electron chi connectivity index (χ3n) is 5.05. The van der Waals surface area contributed by atoms with Crippen LogP contribution in [0.1, 0.15) is 38.7 Å². The molecule has 0 aromatic heterocycles. The van der Waals surface area contributed by atoms with Crippen molar-refractivity contribution in [3.05, 3.63) is 99.0 Å². The summed E-state index contributed by atoms with van der Waals surface area (Å²) >= 11 is 3.54. The fourth-order valence-corrected chi connectivity index (χ4v) is 4.30. The second kappa shape index (κ2) is 7.84. The highest BCUT2D eigenvalue weighted by molar-refractivity contribution is 9.10. The Hall–Kier alpha value is -2.92. The number of halogens is 1. The molecule has 1 aliphatic rings. The molecule has 0 aliphatic carbocycles. The van der Waals surface area contributed by atoms with E-state index in [-0.39, 0.29) is 24.4 Å².